The van der Waals surface area contributed by atoms with E-state index in [2.05, 4.69) is 52.1 Å². The number of likely N-dealkylation sites (N-methyl/N-ethyl adjacent to an activating group) is 1. The van der Waals surface area contributed by atoms with Gasteiger partial charge in [-0.2, -0.15) is 0 Å². The minimum Gasteiger partial charge on any atom is -0.381 e. The lowest BCUT2D eigenvalue weighted by Gasteiger charge is -2.36. The van der Waals surface area contributed by atoms with E-state index in [9.17, 15) is 4.79 Å². The third-order valence-corrected chi connectivity index (χ3v) is 6.99. The summed E-state index contributed by atoms with van der Waals surface area (Å²) in [7, 11) is 2.15. The molecule has 1 N–H and O–H groups in total. The first kappa shape index (κ1) is 19.9. The molecule has 2 saturated heterocycles. The number of amides is 1. The van der Waals surface area contributed by atoms with Gasteiger partial charge in [0.25, 0.3) is 0 Å². The number of rotatable bonds is 5. The SMILES string of the molecule is Cc1cc(C2CCOC2)nc(-n2cc(C3CN(C)C3)c3cnc(NC(=O)C4CC4)cc32)c1. The Morgan fingerprint density at radius 3 is 2.72 bits per heavy atom. The number of carbonyl (C=O) groups is 1. The van der Waals surface area contributed by atoms with Crippen molar-refractivity contribution in [3.63, 3.8) is 0 Å². The normalized spacial score (nSPS) is 21.8. The maximum Gasteiger partial charge on any atom is 0.228 e. The Labute approximate surface area is 187 Å². The molecule has 7 heteroatoms. The van der Waals surface area contributed by atoms with Crippen LogP contribution in [-0.2, 0) is 9.53 Å². The minimum atomic E-state index is 0.0768. The second kappa shape index (κ2) is 7.67. The highest BCUT2D eigenvalue weighted by atomic mass is 16.5. The lowest BCUT2D eigenvalue weighted by Crippen LogP contribution is -2.41. The van der Waals surface area contributed by atoms with Crippen molar-refractivity contribution in [2.24, 2.45) is 5.92 Å². The quantitative estimate of drug-likeness (QED) is 0.668. The van der Waals surface area contributed by atoms with Crippen molar-refractivity contribution < 1.29 is 9.53 Å². The van der Waals surface area contributed by atoms with Gasteiger partial charge < -0.3 is 19.5 Å². The van der Waals surface area contributed by atoms with Gasteiger partial charge in [0.1, 0.15) is 11.6 Å². The molecule has 0 aromatic carbocycles. The third-order valence-electron chi connectivity index (χ3n) is 6.99. The Balaban J connectivity index is 1.45. The molecule has 1 amide bonds. The predicted molar refractivity (Wildman–Crippen MR) is 123 cm³/mol. The van der Waals surface area contributed by atoms with Gasteiger partial charge in [-0.3, -0.25) is 4.79 Å². The van der Waals surface area contributed by atoms with Crippen molar-refractivity contribution in [1.29, 1.82) is 0 Å². The maximum atomic E-state index is 12.3. The molecular formula is C25H29N5O2. The molecule has 5 heterocycles. The summed E-state index contributed by atoms with van der Waals surface area (Å²) in [6.45, 7) is 5.76. The van der Waals surface area contributed by atoms with Crippen LogP contribution in [0.2, 0.25) is 0 Å². The summed E-state index contributed by atoms with van der Waals surface area (Å²) < 4.78 is 7.80. The van der Waals surface area contributed by atoms with E-state index in [1.807, 2.05) is 12.3 Å². The lowest BCUT2D eigenvalue weighted by molar-refractivity contribution is -0.117. The van der Waals surface area contributed by atoms with Crippen LogP contribution in [0.15, 0.2) is 30.6 Å². The second-order valence-electron chi connectivity index (χ2n) is 9.71. The first-order chi connectivity index (χ1) is 15.5. The summed E-state index contributed by atoms with van der Waals surface area (Å²) in [6.07, 6.45) is 7.12. The second-order valence-corrected chi connectivity index (χ2v) is 9.71. The Morgan fingerprint density at radius 2 is 2.00 bits per heavy atom. The molecule has 1 atom stereocenters. The summed E-state index contributed by atoms with van der Waals surface area (Å²) in [6, 6.07) is 6.32. The van der Waals surface area contributed by atoms with E-state index < -0.39 is 0 Å². The van der Waals surface area contributed by atoms with Crippen molar-refractivity contribution in [1.82, 2.24) is 19.4 Å². The molecule has 0 radical (unpaired) electrons. The van der Waals surface area contributed by atoms with Gasteiger partial charge in [-0.25, -0.2) is 9.97 Å². The number of likely N-dealkylation sites (tertiary alicyclic amines) is 1. The molecule has 166 valence electrons. The highest BCUT2D eigenvalue weighted by Crippen LogP contribution is 2.36. The average Bonchev–Trinajstić information content (AvgIpc) is 3.34. The topological polar surface area (TPSA) is 72.3 Å². The number of nitrogens with one attached hydrogen (secondary N) is 1. The number of fused-ring (bicyclic) bond motifs is 1. The van der Waals surface area contributed by atoms with Crippen LogP contribution in [0.3, 0.4) is 0 Å². The maximum absolute atomic E-state index is 12.3. The van der Waals surface area contributed by atoms with E-state index in [0.717, 1.165) is 68.0 Å². The number of aryl methyl sites for hydroxylation is 1. The first-order valence-corrected chi connectivity index (χ1v) is 11.6. The Morgan fingerprint density at radius 1 is 1.16 bits per heavy atom. The van der Waals surface area contributed by atoms with Gasteiger partial charge in [0.05, 0.1) is 12.1 Å². The van der Waals surface area contributed by atoms with E-state index in [0.29, 0.717) is 17.7 Å². The van der Waals surface area contributed by atoms with Crippen LogP contribution in [0.4, 0.5) is 5.82 Å². The molecule has 3 aliphatic rings. The standard InChI is InChI=1S/C25H29N5O2/c1-15-7-21(17-5-6-32-14-17)27-24(8-15)30-13-20(18-11-29(2)12-18)19-10-26-23(9-22(19)30)28-25(31)16-3-4-16/h7-10,13,16-18H,3-6,11-12,14H2,1-2H3,(H,26,28,31). The zero-order chi connectivity index (χ0) is 21.8. The van der Waals surface area contributed by atoms with Crippen LogP contribution in [0.5, 0.6) is 0 Å². The molecule has 3 aromatic rings. The molecule has 3 fully saturated rings. The van der Waals surface area contributed by atoms with Gasteiger partial charge in [-0.05, 0) is 56.5 Å². The summed E-state index contributed by atoms with van der Waals surface area (Å²) >= 11 is 0. The third kappa shape index (κ3) is 3.59. The fourth-order valence-electron chi connectivity index (χ4n) is 4.97. The van der Waals surface area contributed by atoms with Crippen molar-refractivity contribution in [3.8, 4) is 5.82 Å². The number of ether oxygens (including phenoxy) is 1. The number of hydrogen-bond acceptors (Lipinski definition) is 5. The van der Waals surface area contributed by atoms with Crippen LogP contribution in [-0.4, -0.2) is 58.7 Å². The predicted octanol–water partition coefficient (Wildman–Crippen LogP) is 3.61. The highest BCUT2D eigenvalue weighted by Gasteiger charge is 2.31. The number of hydrogen-bond donors (Lipinski definition) is 1. The van der Waals surface area contributed by atoms with E-state index in [4.69, 9.17) is 9.72 Å². The molecule has 1 unspecified atom stereocenters. The molecular weight excluding hydrogens is 402 g/mol. The van der Waals surface area contributed by atoms with Crippen LogP contribution in [0, 0.1) is 12.8 Å². The summed E-state index contributed by atoms with van der Waals surface area (Å²) in [4.78, 5) is 24.3. The number of carbonyl (C=O) groups excluding carboxylic acids is 1. The first-order valence-electron chi connectivity index (χ1n) is 11.6. The summed E-state index contributed by atoms with van der Waals surface area (Å²) in [5.41, 5.74) is 4.64. The van der Waals surface area contributed by atoms with Gasteiger partial charge in [-0.1, -0.05) is 0 Å². The smallest absolute Gasteiger partial charge is 0.228 e. The summed E-state index contributed by atoms with van der Waals surface area (Å²) in [5.74, 6) is 2.60. The number of pyridine rings is 2. The van der Waals surface area contributed by atoms with E-state index in [1.54, 1.807) is 0 Å². The largest absolute Gasteiger partial charge is 0.381 e. The van der Waals surface area contributed by atoms with Gasteiger partial charge in [0.15, 0.2) is 0 Å². The van der Waals surface area contributed by atoms with Gasteiger partial charge >= 0.3 is 0 Å². The molecule has 1 aliphatic carbocycles. The Bertz CT molecular complexity index is 1190. The van der Waals surface area contributed by atoms with Crippen LogP contribution in [0.25, 0.3) is 16.7 Å². The van der Waals surface area contributed by atoms with Crippen molar-refractivity contribution in [2.75, 3.05) is 38.7 Å². The lowest BCUT2D eigenvalue weighted by atomic mass is 9.92. The number of nitrogens with zero attached hydrogens (tertiary/aromatic N) is 4. The van der Waals surface area contributed by atoms with Gasteiger partial charge in [0, 0.05) is 67.0 Å². The highest BCUT2D eigenvalue weighted by molar-refractivity contribution is 5.95. The van der Waals surface area contributed by atoms with E-state index >= 15 is 0 Å². The molecule has 0 bridgehead atoms. The molecule has 2 aliphatic heterocycles. The molecule has 6 rings (SSSR count). The van der Waals surface area contributed by atoms with Gasteiger partial charge in [-0.15, -0.1) is 0 Å². The molecule has 32 heavy (non-hydrogen) atoms. The molecule has 7 nitrogen and oxygen atoms in total. The van der Waals surface area contributed by atoms with Crippen LogP contribution in [0.1, 0.15) is 47.9 Å². The fraction of sp³-hybridized carbons (Fsp3) is 0.480. The van der Waals surface area contributed by atoms with Gasteiger partial charge in [0.2, 0.25) is 5.91 Å². The molecule has 0 spiro atoms. The zero-order valence-electron chi connectivity index (χ0n) is 18.7. The minimum absolute atomic E-state index is 0.0768. The number of anilines is 1. The fourth-order valence-corrected chi connectivity index (χ4v) is 4.97. The Kier molecular flexibility index (Phi) is 4.77. The Hall–Kier alpha value is -2.77. The van der Waals surface area contributed by atoms with Crippen molar-refractivity contribution in [2.45, 2.75) is 38.0 Å². The molecule has 1 saturated carbocycles. The van der Waals surface area contributed by atoms with E-state index in [-0.39, 0.29) is 11.8 Å². The van der Waals surface area contributed by atoms with E-state index in [1.165, 1.54) is 11.1 Å². The van der Waals surface area contributed by atoms with Crippen molar-refractivity contribution in [3.05, 3.63) is 47.4 Å². The number of aromatic nitrogens is 3. The monoisotopic (exact) mass is 431 g/mol. The van der Waals surface area contributed by atoms with Crippen LogP contribution >= 0.6 is 0 Å². The molecule has 3 aromatic heterocycles. The van der Waals surface area contributed by atoms with Crippen molar-refractivity contribution >= 4 is 22.6 Å². The van der Waals surface area contributed by atoms with Crippen LogP contribution < -0.4 is 5.32 Å². The zero-order valence-corrected chi connectivity index (χ0v) is 18.7. The summed E-state index contributed by atoms with van der Waals surface area (Å²) in [5, 5.41) is 4.15. The average molecular weight is 432 g/mol.